The van der Waals surface area contributed by atoms with Crippen LogP contribution in [0.3, 0.4) is 0 Å². The lowest BCUT2D eigenvalue weighted by Gasteiger charge is -2.27. The minimum absolute atomic E-state index is 0.185. The monoisotopic (exact) mass is 406 g/mol. The second-order valence-electron chi connectivity index (χ2n) is 6.51. The van der Waals surface area contributed by atoms with Crippen LogP contribution in [0.2, 0.25) is 0 Å². The van der Waals surface area contributed by atoms with E-state index in [4.69, 9.17) is 0 Å². The first-order chi connectivity index (χ1) is 14.1. The van der Waals surface area contributed by atoms with Crippen LogP contribution in [0.5, 0.6) is 0 Å². The molecule has 0 aliphatic carbocycles. The van der Waals surface area contributed by atoms with Crippen LogP contribution in [0.25, 0.3) is 0 Å². The van der Waals surface area contributed by atoms with E-state index >= 15 is 0 Å². The summed E-state index contributed by atoms with van der Waals surface area (Å²) in [5.41, 5.74) is 2.43. The van der Waals surface area contributed by atoms with Crippen molar-refractivity contribution in [3.8, 4) is 0 Å². The van der Waals surface area contributed by atoms with Gasteiger partial charge in [-0.3, -0.25) is 19.7 Å². The Morgan fingerprint density at radius 2 is 1.83 bits per heavy atom. The first-order valence-electron chi connectivity index (χ1n) is 9.01. The third-order valence-electron chi connectivity index (χ3n) is 4.72. The molecular formula is C21H18N4O3S. The molecule has 1 aliphatic rings. The molecule has 3 aromatic rings. The van der Waals surface area contributed by atoms with E-state index in [0.29, 0.717) is 22.8 Å². The molecule has 2 heterocycles. The van der Waals surface area contributed by atoms with Gasteiger partial charge in [0.05, 0.1) is 0 Å². The highest BCUT2D eigenvalue weighted by molar-refractivity contribution is 7.14. The second kappa shape index (κ2) is 7.84. The van der Waals surface area contributed by atoms with E-state index in [1.165, 1.54) is 7.05 Å². The summed E-state index contributed by atoms with van der Waals surface area (Å²) in [6.07, 6.45) is 0. The van der Waals surface area contributed by atoms with Gasteiger partial charge < -0.3 is 10.2 Å². The second-order valence-corrected chi connectivity index (χ2v) is 7.37. The summed E-state index contributed by atoms with van der Waals surface area (Å²) in [6.45, 7) is 0.351. The van der Waals surface area contributed by atoms with Crippen molar-refractivity contribution in [3.05, 3.63) is 82.4 Å². The Hall–Kier alpha value is -3.52. The fraction of sp³-hybridized carbons (Fsp3) is 0.143. The van der Waals surface area contributed by atoms with E-state index in [9.17, 15) is 14.4 Å². The molecule has 29 heavy (non-hydrogen) atoms. The number of hydrogen-bond acceptors (Lipinski definition) is 5. The zero-order chi connectivity index (χ0) is 20.4. The molecule has 2 N–H and O–H groups in total. The van der Waals surface area contributed by atoms with Gasteiger partial charge in [-0.15, -0.1) is 11.3 Å². The number of carbonyl (C=O) groups is 3. The Morgan fingerprint density at radius 1 is 1.10 bits per heavy atom. The number of thiazole rings is 1. The fourth-order valence-electron chi connectivity index (χ4n) is 3.33. The largest absolute Gasteiger partial charge is 0.354 e. The maximum Gasteiger partial charge on any atom is 0.270 e. The predicted octanol–water partition coefficient (Wildman–Crippen LogP) is 2.84. The van der Waals surface area contributed by atoms with Crippen LogP contribution in [-0.2, 0) is 11.3 Å². The highest BCUT2D eigenvalue weighted by Gasteiger charge is 2.37. The van der Waals surface area contributed by atoms with Crippen molar-refractivity contribution >= 4 is 34.2 Å². The van der Waals surface area contributed by atoms with E-state index in [-0.39, 0.29) is 23.4 Å². The number of nitrogens with one attached hydrogen (secondary N) is 2. The average Bonchev–Trinajstić information content (AvgIpc) is 3.34. The first kappa shape index (κ1) is 18.8. The van der Waals surface area contributed by atoms with Gasteiger partial charge in [0.1, 0.15) is 11.7 Å². The van der Waals surface area contributed by atoms with Crippen molar-refractivity contribution < 1.29 is 14.4 Å². The third-order valence-corrected chi connectivity index (χ3v) is 5.48. The van der Waals surface area contributed by atoms with Gasteiger partial charge >= 0.3 is 0 Å². The van der Waals surface area contributed by atoms with Crippen LogP contribution < -0.4 is 10.6 Å². The fourth-order valence-corrected chi connectivity index (χ4v) is 4.02. The lowest BCUT2D eigenvalue weighted by Crippen LogP contribution is -2.37. The van der Waals surface area contributed by atoms with Crippen LogP contribution in [-0.4, -0.2) is 34.7 Å². The van der Waals surface area contributed by atoms with Gasteiger partial charge in [-0.05, 0) is 17.2 Å². The molecule has 0 saturated carbocycles. The molecule has 2 aromatic carbocycles. The normalized spacial score (nSPS) is 13.7. The lowest BCUT2D eigenvalue weighted by molar-refractivity contribution is -0.120. The van der Waals surface area contributed by atoms with Crippen LogP contribution in [0.15, 0.2) is 60.0 Å². The van der Waals surface area contributed by atoms with Crippen LogP contribution in [0.1, 0.15) is 38.0 Å². The van der Waals surface area contributed by atoms with Gasteiger partial charge in [0.25, 0.3) is 17.7 Å². The summed E-state index contributed by atoms with van der Waals surface area (Å²) < 4.78 is 0. The molecule has 1 atom stereocenters. The summed E-state index contributed by atoms with van der Waals surface area (Å²) >= 11 is 1.16. The van der Waals surface area contributed by atoms with E-state index < -0.39 is 6.04 Å². The Morgan fingerprint density at radius 3 is 2.55 bits per heavy atom. The number of amides is 3. The maximum atomic E-state index is 13.2. The van der Waals surface area contributed by atoms with Crippen molar-refractivity contribution in [2.45, 2.75) is 12.6 Å². The summed E-state index contributed by atoms with van der Waals surface area (Å²) in [6, 6.07) is 15.7. The SMILES string of the molecule is CNC(=O)c1csc(NC(=O)C(c2ccccc2)N2Cc3ccccc3C2=O)n1. The van der Waals surface area contributed by atoms with Crippen LogP contribution >= 0.6 is 11.3 Å². The van der Waals surface area contributed by atoms with Gasteiger partial charge in [-0.25, -0.2) is 4.98 Å². The topological polar surface area (TPSA) is 91.4 Å². The van der Waals surface area contributed by atoms with Crippen LogP contribution in [0, 0.1) is 0 Å². The highest BCUT2D eigenvalue weighted by atomic mass is 32.1. The summed E-state index contributed by atoms with van der Waals surface area (Å²) in [5.74, 6) is -0.892. The summed E-state index contributed by atoms with van der Waals surface area (Å²) in [7, 11) is 1.52. The van der Waals surface area contributed by atoms with E-state index in [1.807, 2.05) is 48.5 Å². The van der Waals surface area contributed by atoms with E-state index in [0.717, 1.165) is 16.9 Å². The number of aromatic nitrogens is 1. The predicted molar refractivity (Wildman–Crippen MR) is 110 cm³/mol. The average molecular weight is 406 g/mol. The number of benzene rings is 2. The number of nitrogens with zero attached hydrogens (tertiary/aromatic N) is 2. The molecule has 1 unspecified atom stereocenters. The van der Waals surface area contributed by atoms with E-state index in [1.54, 1.807) is 16.3 Å². The number of rotatable bonds is 5. The zero-order valence-electron chi connectivity index (χ0n) is 15.6. The van der Waals surface area contributed by atoms with Crippen molar-refractivity contribution in [1.82, 2.24) is 15.2 Å². The number of fused-ring (bicyclic) bond motifs is 1. The number of carbonyl (C=O) groups excluding carboxylic acids is 3. The number of hydrogen-bond donors (Lipinski definition) is 2. The minimum atomic E-state index is -0.816. The highest BCUT2D eigenvalue weighted by Crippen LogP contribution is 2.32. The Labute approximate surface area is 171 Å². The number of anilines is 1. The Bertz CT molecular complexity index is 1080. The molecule has 4 rings (SSSR count). The van der Waals surface area contributed by atoms with Crippen LogP contribution in [0.4, 0.5) is 5.13 Å². The Balaban J connectivity index is 1.64. The van der Waals surface area contributed by atoms with Crippen molar-refractivity contribution in [2.24, 2.45) is 0 Å². The standard InChI is InChI=1S/C21H18N4O3S/c1-22-18(26)16-12-29-21(23-16)24-19(27)17(13-7-3-2-4-8-13)25-11-14-9-5-6-10-15(14)20(25)28/h2-10,12,17H,11H2,1H3,(H,22,26)(H,23,24,27). The Kier molecular flexibility index (Phi) is 5.09. The van der Waals surface area contributed by atoms with Gasteiger partial charge in [0.15, 0.2) is 5.13 Å². The van der Waals surface area contributed by atoms with Crippen molar-refractivity contribution in [2.75, 3.05) is 12.4 Å². The summed E-state index contributed by atoms with van der Waals surface area (Å²) in [4.78, 5) is 43.6. The smallest absolute Gasteiger partial charge is 0.270 e. The quantitative estimate of drug-likeness (QED) is 0.682. The molecule has 0 fully saturated rings. The molecule has 0 bridgehead atoms. The molecule has 146 valence electrons. The van der Waals surface area contributed by atoms with E-state index in [2.05, 4.69) is 15.6 Å². The van der Waals surface area contributed by atoms with Gasteiger partial charge in [0, 0.05) is 24.5 Å². The van der Waals surface area contributed by atoms with Gasteiger partial charge in [-0.1, -0.05) is 48.5 Å². The molecule has 1 aliphatic heterocycles. The molecule has 0 saturated heterocycles. The van der Waals surface area contributed by atoms with Gasteiger partial charge in [-0.2, -0.15) is 0 Å². The van der Waals surface area contributed by atoms with Crippen molar-refractivity contribution in [1.29, 1.82) is 0 Å². The first-order valence-corrected chi connectivity index (χ1v) is 9.88. The molecule has 3 amide bonds. The molecule has 0 spiro atoms. The maximum absolute atomic E-state index is 13.2. The van der Waals surface area contributed by atoms with Crippen molar-refractivity contribution in [3.63, 3.8) is 0 Å². The minimum Gasteiger partial charge on any atom is -0.354 e. The molecule has 1 aromatic heterocycles. The molecule has 0 radical (unpaired) electrons. The zero-order valence-corrected chi connectivity index (χ0v) is 16.4. The van der Waals surface area contributed by atoms with Gasteiger partial charge in [0.2, 0.25) is 0 Å². The molecule has 8 heteroatoms. The summed E-state index contributed by atoms with van der Waals surface area (Å²) in [5, 5.41) is 7.13. The third kappa shape index (κ3) is 3.62. The molecule has 7 nitrogen and oxygen atoms in total. The molecular weight excluding hydrogens is 388 g/mol. The lowest BCUT2D eigenvalue weighted by atomic mass is 10.0.